The molecule has 0 saturated carbocycles. The molecule has 0 amide bonds. The molecule has 5 rings (SSSR count). The summed E-state index contributed by atoms with van der Waals surface area (Å²) < 4.78 is 1.75. The molecule has 0 radical (unpaired) electrons. The van der Waals surface area contributed by atoms with E-state index in [1.54, 1.807) is 10.5 Å². The molecule has 0 bridgehead atoms. The zero-order chi connectivity index (χ0) is 14.8. The third-order valence-corrected chi connectivity index (χ3v) is 4.28. The Bertz CT molecular complexity index is 1190. The Labute approximate surface area is 125 Å². The van der Waals surface area contributed by atoms with Crippen molar-refractivity contribution in [3.63, 3.8) is 0 Å². The van der Waals surface area contributed by atoms with Crippen LogP contribution in [-0.2, 0) is 0 Å². The average Bonchev–Trinajstić information content (AvgIpc) is 2.82. The van der Waals surface area contributed by atoms with Crippen molar-refractivity contribution < 1.29 is 5.11 Å². The van der Waals surface area contributed by atoms with E-state index in [1.165, 1.54) is 0 Å². The number of fused-ring (bicyclic) bond motifs is 4. The first-order valence-electron chi connectivity index (χ1n) is 7.07. The fraction of sp³-hybridized carbons (Fsp3) is 0. The van der Waals surface area contributed by atoms with Gasteiger partial charge in [0, 0.05) is 10.6 Å². The molecule has 0 saturated heterocycles. The molecule has 0 fully saturated rings. The summed E-state index contributed by atoms with van der Waals surface area (Å²) in [4.78, 5) is 4.74. The van der Waals surface area contributed by atoms with Crippen LogP contribution < -0.4 is 5.22 Å². The van der Waals surface area contributed by atoms with Crippen LogP contribution in [0.3, 0.4) is 0 Å². The number of allylic oxidation sites excluding steroid dienone is 2. The predicted molar refractivity (Wildman–Crippen MR) is 87.5 cm³/mol. The number of benzene rings is 2. The SMILES string of the molecule is N=C1C=CC=c2c1c(O)n1c2nc2cccc3cccc1c32. The Balaban J connectivity index is 2.18. The number of hydrogen-bond donors (Lipinski definition) is 2. The molecule has 2 aromatic carbocycles. The summed E-state index contributed by atoms with van der Waals surface area (Å²) in [6, 6.07) is 12.0. The third kappa shape index (κ3) is 1.22. The first-order valence-corrected chi connectivity index (χ1v) is 7.07. The molecule has 2 N–H and O–H groups in total. The Kier molecular flexibility index (Phi) is 1.96. The standard InChI is InChI=1S/C18H11N3O/c19-12-7-3-6-11-16(12)18(22)21-14-9-2-5-10-4-1-8-13(15(10)14)20-17(11)21/h1-9,19,22H. The van der Waals surface area contributed by atoms with Crippen LogP contribution in [-0.4, -0.2) is 20.2 Å². The molecule has 4 heteroatoms. The molecule has 0 unspecified atom stereocenters. The second-order valence-corrected chi connectivity index (χ2v) is 5.47. The molecule has 22 heavy (non-hydrogen) atoms. The van der Waals surface area contributed by atoms with E-state index in [-0.39, 0.29) is 5.88 Å². The van der Waals surface area contributed by atoms with Crippen LogP contribution in [0.4, 0.5) is 0 Å². The van der Waals surface area contributed by atoms with Crippen LogP contribution >= 0.6 is 0 Å². The van der Waals surface area contributed by atoms with Gasteiger partial charge in [-0.2, -0.15) is 0 Å². The van der Waals surface area contributed by atoms with Crippen LogP contribution in [0.2, 0.25) is 0 Å². The number of aromatic nitrogens is 2. The monoisotopic (exact) mass is 285 g/mol. The maximum Gasteiger partial charge on any atom is 0.207 e. The summed E-state index contributed by atoms with van der Waals surface area (Å²) in [5, 5.41) is 21.7. The van der Waals surface area contributed by atoms with Gasteiger partial charge in [-0.05, 0) is 23.6 Å². The molecule has 2 heterocycles. The minimum atomic E-state index is 0.0846. The molecular weight excluding hydrogens is 274 g/mol. The van der Waals surface area contributed by atoms with Crippen LogP contribution in [0.25, 0.3) is 33.5 Å². The molecule has 4 aromatic rings. The highest BCUT2D eigenvalue weighted by Gasteiger charge is 2.21. The van der Waals surface area contributed by atoms with Gasteiger partial charge in [0.15, 0.2) is 0 Å². The molecule has 2 aromatic heterocycles. The number of rotatable bonds is 0. The van der Waals surface area contributed by atoms with Crippen LogP contribution in [0.15, 0.2) is 48.6 Å². The average molecular weight is 285 g/mol. The first kappa shape index (κ1) is 11.5. The van der Waals surface area contributed by atoms with E-state index in [1.807, 2.05) is 48.6 Å². The van der Waals surface area contributed by atoms with Crippen molar-refractivity contribution in [2.24, 2.45) is 0 Å². The van der Waals surface area contributed by atoms with Crippen molar-refractivity contribution >= 4 is 39.2 Å². The van der Waals surface area contributed by atoms with Crippen molar-refractivity contribution in [1.29, 1.82) is 5.41 Å². The lowest BCUT2D eigenvalue weighted by molar-refractivity contribution is 0.450. The molecular formula is C18H11N3O. The van der Waals surface area contributed by atoms with Crippen molar-refractivity contribution in [1.82, 2.24) is 9.38 Å². The summed E-state index contributed by atoms with van der Waals surface area (Å²) in [5.41, 5.74) is 3.35. The van der Waals surface area contributed by atoms with Crippen LogP contribution in [0, 0.1) is 5.41 Å². The highest BCUT2D eigenvalue weighted by molar-refractivity contribution is 6.13. The van der Waals surface area contributed by atoms with E-state index in [9.17, 15) is 5.11 Å². The van der Waals surface area contributed by atoms with Gasteiger partial charge in [0.25, 0.3) is 0 Å². The Morgan fingerprint density at radius 2 is 1.91 bits per heavy atom. The van der Waals surface area contributed by atoms with Gasteiger partial charge < -0.3 is 10.5 Å². The number of hydrogen-bond acceptors (Lipinski definition) is 3. The molecule has 4 nitrogen and oxygen atoms in total. The van der Waals surface area contributed by atoms with Gasteiger partial charge in [0.1, 0.15) is 5.65 Å². The summed E-state index contributed by atoms with van der Waals surface area (Å²) >= 11 is 0. The zero-order valence-electron chi connectivity index (χ0n) is 11.5. The summed E-state index contributed by atoms with van der Waals surface area (Å²) in [7, 11) is 0. The zero-order valence-corrected chi connectivity index (χ0v) is 11.5. The predicted octanol–water partition coefficient (Wildman–Crippen LogP) is 2.78. The van der Waals surface area contributed by atoms with Crippen molar-refractivity contribution in [2.75, 3.05) is 0 Å². The number of nitrogens with one attached hydrogen (secondary N) is 1. The van der Waals surface area contributed by atoms with E-state index in [0.717, 1.165) is 27.0 Å². The van der Waals surface area contributed by atoms with E-state index in [2.05, 4.69) is 0 Å². The second kappa shape index (κ2) is 3.74. The molecule has 104 valence electrons. The van der Waals surface area contributed by atoms with Gasteiger partial charge in [-0.15, -0.1) is 0 Å². The highest BCUT2D eigenvalue weighted by Crippen LogP contribution is 2.30. The smallest absolute Gasteiger partial charge is 0.207 e. The van der Waals surface area contributed by atoms with Crippen molar-refractivity contribution in [3.8, 4) is 5.88 Å². The van der Waals surface area contributed by atoms with Gasteiger partial charge in [-0.1, -0.05) is 36.4 Å². The molecule has 0 spiro atoms. The summed E-state index contributed by atoms with van der Waals surface area (Å²) in [6.45, 7) is 0. The van der Waals surface area contributed by atoms with E-state index >= 15 is 0 Å². The summed E-state index contributed by atoms with van der Waals surface area (Å²) in [6.07, 6.45) is 5.40. The van der Waals surface area contributed by atoms with Gasteiger partial charge in [0.2, 0.25) is 5.88 Å². The summed E-state index contributed by atoms with van der Waals surface area (Å²) in [5.74, 6) is 0.0846. The fourth-order valence-corrected chi connectivity index (χ4v) is 3.35. The van der Waals surface area contributed by atoms with Gasteiger partial charge >= 0.3 is 0 Å². The Morgan fingerprint density at radius 1 is 1.09 bits per heavy atom. The van der Waals surface area contributed by atoms with Crippen LogP contribution in [0.1, 0.15) is 5.56 Å². The maximum absolute atomic E-state index is 10.7. The minimum absolute atomic E-state index is 0.0846. The number of aromatic hydroxyl groups is 1. The fourth-order valence-electron chi connectivity index (χ4n) is 3.35. The lowest BCUT2D eigenvalue weighted by atomic mass is 10.1. The molecule has 1 aliphatic carbocycles. The van der Waals surface area contributed by atoms with E-state index in [4.69, 9.17) is 10.4 Å². The maximum atomic E-state index is 10.7. The molecule has 1 aliphatic rings. The minimum Gasteiger partial charge on any atom is -0.494 e. The third-order valence-electron chi connectivity index (χ3n) is 4.28. The quantitative estimate of drug-likeness (QED) is 0.522. The van der Waals surface area contributed by atoms with Crippen molar-refractivity contribution in [2.45, 2.75) is 0 Å². The normalized spacial score (nSPS) is 13.9. The first-order chi connectivity index (χ1) is 10.8. The van der Waals surface area contributed by atoms with Crippen molar-refractivity contribution in [3.05, 3.63) is 59.3 Å². The Morgan fingerprint density at radius 3 is 2.77 bits per heavy atom. The van der Waals surface area contributed by atoms with Gasteiger partial charge in [-0.3, -0.25) is 4.40 Å². The molecule has 0 aliphatic heterocycles. The molecule has 0 atom stereocenters. The highest BCUT2D eigenvalue weighted by atomic mass is 16.3. The second-order valence-electron chi connectivity index (χ2n) is 5.47. The lowest BCUT2D eigenvalue weighted by Crippen LogP contribution is -2.13. The van der Waals surface area contributed by atoms with Crippen LogP contribution in [0.5, 0.6) is 5.88 Å². The van der Waals surface area contributed by atoms with Gasteiger partial charge in [-0.25, -0.2) is 4.98 Å². The number of nitrogens with zero attached hydrogens (tertiary/aromatic N) is 2. The van der Waals surface area contributed by atoms with E-state index in [0.29, 0.717) is 16.9 Å². The van der Waals surface area contributed by atoms with Gasteiger partial charge in [0.05, 0.1) is 22.3 Å². The lowest BCUT2D eigenvalue weighted by Gasteiger charge is -2.08. The topological polar surface area (TPSA) is 61.4 Å². The van der Waals surface area contributed by atoms with E-state index < -0.39 is 0 Å². The largest absolute Gasteiger partial charge is 0.494 e. The Hall–Kier alpha value is -3.14.